The van der Waals surface area contributed by atoms with E-state index in [4.69, 9.17) is 4.74 Å². The van der Waals surface area contributed by atoms with Crippen molar-refractivity contribution >= 4 is 39.4 Å². The first-order valence-corrected chi connectivity index (χ1v) is 15.9. The standard InChI is InChI=1S/C36H38BrNO6/c1-2-17-38-35(42)29-20-26(22-44-28-11-7-4-8-12-28)33(30(21-39)34(29)36(38)43)32(41)15-13-24(23-9-5-3-6-10-23)18-25-19-27(37)14-16-31(25)40/h3-12,14,16,18-19,29-30,32,34,39-41H,2,13,15,17,20-22H2,1H3/b24-18-/t29-,30+,32-,34-/m1/s1. The molecule has 230 valence electrons. The quantitative estimate of drug-likeness (QED) is 0.121. The molecule has 0 unspecified atom stereocenters. The number of ether oxygens (including phenoxy) is 1. The summed E-state index contributed by atoms with van der Waals surface area (Å²) < 4.78 is 6.93. The molecule has 1 aliphatic carbocycles. The van der Waals surface area contributed by atoms with E-state index in [9.17, 15) is 24.9 Å². The Morgan fingerprint density at radius 2 is 1.75 bits per heavy atom. The molecule has 0 bridgehead atoms. The third-order valence-corrected chi connectivity index (χ3v) is 9.08. The minimum atomic E-state index is -0.992. The van der Waals surface area contributed by atoms with Crippen LogP contribution < -0.4 is 4.74 Å². The van der Waals surface area contributed by atoms with Crippen molar-refractivity contribution < 1.29 is 29.6 Å². The Morgan fingerprint density at radius 3 is 2.43 bits per heavy atom. The highest BCUT2D eigenvalue weighted by Crippen LogP contribution is 2.46. The molecule has 1 heterocycles. The third kappa shape index (κ3) is 6.83. The third-order valence-electron chi connectivity index (χ3n) is 8.59. The number of phenolic OH excluding ortho intramolecular Hbond substituents is 1. The summed E-state index contributed by atoms with van der Waals surface area (Å²) in [6, 6.07) is 24.3. The van der Waals surface area contributed by atoms with Crippen molar-refractivity contribution in [2.75, 3.05) is 19.8 Å². The van der Waals surface area contributed by atoms with Gasteiger partial charge in [-0.2, -0.15) is 0 Å². The van der Waals surface area contributed by atoms with Crippen LogP contribution in [-0.2, 0) is 9.59 Å². The van der Waals surface area contributed by atoms with Gasteiger partial charge in [0, 0.05) is 22.5 Å². The lowest BCUT2D eigenvalue weighted by atomic mass is 9.68. The van der Waals surface area contributed by atoms with E-state index in [0.29, 0.717) is 49.1 Å². The van der Waals surface area contributed by atoms with Gasteiger partial charge in [-0.3, -0.25) is 14.5 Å². The second kappa shape index (κ2) is 14.4. The number of aliphatic hydroxyl groups excluding tert-OH is 2. The van der Waals surface area contributed by atoms with Crippen LogP contribution in [0.5, 0.6) is 11.5 Å². The molecule has 44 heavy (non-hydrogen) atoms. The van der Waals surface area contributed by atoms with Crippen LogP contribution in [0.25, 0.3) is 11.6 Å². The number of carbonyl (C=O) groups excluding carboxylic acids is 2. The average Bonchev–Trinajstić information content (AvgIpc) is 3.28. The summed E-state index contributed by atoms with van der Waals surface area (Å²) in [4.78, 5) is 28.2. The Labute approximate surface area is 266 Å². The average molecular weight is 661 g/mol. The normalized spacial score (nSPS) is 21.0. The molecule has 7 nitrogen and oxygen atoms in total. The number of halogens is 1. The number of aliphatic hydroxyl groups is 2. The molecule has 0 saturated carbocycles. The van der Waals surface area contributed by atoms with E-state index >= 15 is 0 Å². The van der Waals surface area contributed by atoms with E-state index in [1.807, 2.05) is 79.7 Å². The number of nitrogens with zero attached hydrogens (tertiary/aromatic N) is 1. The van der Waals surface area contributed by atoms with Gasteiger partial charge in [-0.15, -0.1) is 0 Å². The van der Waals surface area contributed by atoms with Gasteiger partial charge in [0.1, 0.15) is 18.1 Å². The highest BCUT2D eigenvalue weighted by Gasteiger charge is 2.54. The predicted molar refractivity (Wildman–Crippen MR) is 174 cm³/mol. The summed E-state index contributed by atoms with van der Waals surface area (Å²) >= 11 is 3.48. The summed E-state index contributed by atoms with van der Waals surface area (Å²) in [5, 5.41) is 33.0. The summed E-state index contributed by atoms with van der Waals surface area (Å²) in [6.07, 6.45) is 2.61. The van der Waals surface area contributed by atoms with E-state index in [1.165, 1.54) is 4.90 Å². The SMILES string of the molecule is CCCN1C(=O)[C@@H]2[C@@H](CC(COc3ccccc3)=C([C@H](O)CC/C(=C/c3cc(Br)ccc3O)c3ccccc3)[C@@H]2CO)C1=O. The zero-order valence-electron chi connectivity index (χ0n) is 24.7. The summed E-state index contributed by atoms with van der Waals surface area (Å²) in [6.45, 7) is 2.03. The van der Waals surface area contributed by atoms with Gasteiger partial charge in [-0.05, 0) is 84.4 Å². The number of aromatic hydroxyl groups is 1. The number of carbonyl (C=O) groups is 2. The van der Waals surface area contributed by atoms with E-state index in [-0.39, 0.29) is 30.8 Å². The summed E-state index contributed by atoms with van der Waals surface area (Å²) in [5.41, 5.74) is 3.84. The van der Waals surface area contributed by atoms with Crippen LogP contribution in [0.3, 0.4) is 0 Å². The number of hydrogen-bond acceptors (Lipinski definition) is 6. The van der Waals surface area contributed by atoms with Crippen LogP contribution in [0.2, 0.25) is 0 Å². The van der Waals surface area contributed by atoms with Crippen LogP contribution in [0, 0.1) is 17.8 Å². The van der Waals surface area contributed by atoms with Gasteiger partial charge in [0.25, 0.3) is 0 Å². The molecule has 2 amide bonds. The van der Waals surface area contributed by atoms with Gasteiger partial charge in [0.15, 0.2) is 0 Å². The number of benzene rings is 3. The lowest BCUT2D eigenvalue weighted by molar-refractivity contribution is -0.140. The molecule has 5 rings (SSSR count). The predicted octanol–water partition coefficient (Wildman–Crippen LogP) is 6.24. The highest BCUT2D eigenvalue weighted by atomic mass is 79.9. The molecule has 1 saturated heterocycles. The number of allylic oxidation sites excluding steroid dienone is 1. The fourth-order valence-electron chi connectivity index (χ4n) is 6.52. The molecule has 0 radical (unpaired) electrons. The summed E-state index contributed by atoms with van der Waals surface area (Å²) in [5.74, 6) is -1.69. The zero-order valence-corrected chi connectivity index (χ0v) is 26.3. The molecular formula is C36H38BrNO6. The largest absolute Gasteiger partial charge is 0.507 e. The van der Waals surface area contributed by atoms with Crippen molar-refractivity contribution in [3.8, 4) is 11.5 Å². The van der Waals surface area contributed by atoms with E-state index < -0.39 is 23.9 Å². The van der Waals surface area contributed by atoms with Gasteiger partial charge in [0.05, 0.1) is 24.5 Å². The number of para-hydroxylation sites is 1. The number of likely N-dealkylation sites (tertiary alicyclic amines) is 1. The molecule has 3 aromatic carbocycles. The Balaban J connectivity index is 1.48. The van der Waals surface area contributed by atoms with Crippen molar-refractivity contribution in [1.29, 1.82) is 0 Å². The van der Waals surface area contributed by atoms with Gasteiger partial charge in [-0.1, -0.05) is 71.4 Å². The maximum Gasteiger partial charge on any atom is 0.233 e. The molecule has 2 aliphatic rings. The summed E-state index contributed by atoms with van der Waals surface area (Å²) in [7, 11) is 0. The molecule has 0 aromatic heterocycles. The van der Waals surface area contributed by atoms with Crippen LogP contribution in [0.15, 0.2) is 94.5 Å². The number of hydrogen-bond donors (Lipinski definition) is 3. The number of imide groups is 1. The van der Waals surface area contributed by atoms with Gasteiger partial charge < -0.3 is 20.1 Å². The first-order valence-electron chi connectivity index (χ1n) is 15.1. The first-order chi connectivity index (χ1) is 21.3. The molecule has 3 aromatic rings. The van der Waals surface area contributed by atoms with E-state index in [0.717, 1.165) is 21.2 Å². The first kappa shape index (κ1) is 31.7. The van der Waals surface area contributed by atoms with E-state index in [2.05, 4.69) is 15.9 Å². The van der Waals surface area contributed by atoms with Crippen LogP contribution in [0.1, 0.15) is 43.7 Å². The second-order valence-electron chi connectivity index (χ2n) is 11.4. The maximum absolute atomic E-state index is 13.5. The number of fused-ring (bicyclic) bond motifs is 1. The van der Waals surface area contributed by atoms with Crippen LogP contribution in [-0.4, -0.2) is 57.9 Å². The fraction of sp³-hybridized carbons (Fsp3) is 0.333. The van der Waals surface area contributed by atoms with Crippen molar-refractivity contribution in [3.63, 3.8) is 0 Å². The minimum Gasteiger partial charge on any atom is -0.507 e. The molecule has 0 spiro atoms. The lowest BCUT2D eigenvalue weighted by Crippen LogP contribution is -2.40. The topological polar surface area (TPSA) is 107 Å². The van der Waals surface area contributed by atoms with Gasteiger partial charge >= 0.3 is 0 Å². The Bertz CT molecular complexity index is 1540. The monoisotopic (exact) mass is 659 g/mol. The van der Waals surface area contributed by atoms with Gasteiger partial charge in [0.2, 0.25) is 11.8 Å². The van der Waals surface area contributed by atoms with Crippen LogP contribution in [0.4, 0.5) is 0 Å². The second-order valence-corrected chi connectivity index (χ2v) is 12.3. The molecule has 1 fully saturated rings. The Hall–Kier alpha value is -3.72. The lowest BCUT2D eigenvalue weighted by Gasteiger charge is -2.36. The highest BCUT2D eigenvalue weighted by molar-refractivity contribution is 9.10. The Morgan fingerprint density at radius 1 is 1.05 bits per heavy atom. The number of amides is 2. The number of phenols is 1. The Kier molecular flexibility index (Phi) is 10.4. The van der Waals surface area contributed by atoms with Gasteiger partial charge in [-0.25, -0.2) is 0 Å². The smallest absolute Gasteiger partial charge is 0.233 e. The zero-order chi connectivity index (χ0) is 31.2. The molecule has 3 N–H and O–H groups in total. The van der Waals surface area contributed by atoms with Crippen molar-refractivity contribution in [3.05, 3.63) is 106 Å². The number of rotatable bonds is 12. The van der Waals surface area contributed by atoms with Crippen molar-refractivity contribution in [1.82, 2.24) is 4.90 Å². The molecular weight excluding hydrogens is 622 g/mol. The minimum absolute atomic E-state index is 0.138. The van der Waals surface area contributed by atoms with Crippen molar-refractivity contribution in [2.45, 2.75) is 38.7 Å². The maximum atomic E-state index is 13.5. The molecule has 1 aliphatic heterocycles. The van der Waals surface area contributed by atoms with Crippen LogP contribution >= 0.6 is 15.9 Å². The van der Waals surface area contributed by atoms with E-state index in [1.54, 1.807) is 12.1 Å². The fourth-order valence-corrected chi connectivity index (χ4v) is 6.90. The van der Waals surface area contributed by atoms with Crippen molar-refractivity contribution in [2.24, 2.45) is 17.8 Å². The molecule has 4 atom stereocenters. The molecule has 8 heteroatoms.